The molecule has 0 spiro atoms. The molecule has 0 saturated carbocycles. The Morgan fingerprint density at radius 2 is 2.12 bits per heavy atom. The number of hydrogen-bond acceptors (Lipinski definition) is 7. The SMILES string of the molecule is CC(=O)NC(CC(=O)OC(C)c1nc(C(C)(C)C)no1)c1cccs1. The van der Waals surface area contributed by atoms with Crippen LogP contribution in [0.25, 0.3) is 0 Å². The number of thiophene rings is 1. The Hall–Kier alpha value is -2.22. The van der Waals surface area contributed by atoms with E-state index < -0.39 is 18.1 Å². The number of nitrogens with one attached hydrogen (secondary N) is 1. The molecule has 2 rings (SSSR count). The van der Waals surface area contributed by atoms with Crippen molar-refractivity contribution in [3.8, 4) is 0 Å². The first-order valence-corrected chi connectivity index (χ1v) is 8.89. The van der Waals surface area contributed by atoms with Crippen LogP contribution in [0.15, 0.2) is 22.0 Å². The molecule has 2 heterocycles. The number of carbonyl (C=O) groups excluding carboxylic acids is 2. The average Bonchev–Trinajstić information content (AvgIpc) is 3.17. The number of hydrogen-bond donors (Lipinski definition) is 1. The molecule has 2 aromatic rings. The highest BCUT2D eigenvalue weighted by atomic mass is 32.1. The summed E-state index contributed by atoms with van der Waals surface area (Å²) in [5.41, 5.74) is -0.249. The van der Waals surface area contributed by atoms with Gasteiger partial charge in [0.15, 0.2) is 11.9 Å². The van der Waals surface area contributed by atoms with Gasteiger partial charge in [-0.05, 0) is 18.4 Å². The number of esters is 1. The van der Waals surface area contributed by atoms with Crippen LogP contribution in [0.1, 0.15) is 69.8 Å². The molecule has 0 fully saturated rings. The van der Waals surface area contributed by atoms with Gasteiger partial charge in [-0.15, -0.1) is 11.3 Å². The molecule has 1 amide bonds. The predicted molar refractivity (Wildman–Crippen MR) is 93.0 cm³/mol. The number of carbonyl (C=O) groups is 2. The minimum absolute atomic E-state index is 0.0324. The Kier molecular flexibility index (Phi) is 5.94. The first-order valence-electron chi connectivity index (χ1n) is 8.01. The van der Waals surface area contributed by atoms with E-state index in [1.165, 1.54) is 18.3 Å². The third-order valence-electron chi connectivity index (χ3n) is 3.40. The van der Waals surface area contributed by atoms with E-state index in [1.54, 1.807) is 6.92 Å². The van der Waals surface area contributed by atoms with Crippen molar-refractivity contribution in [3.63, 3.8) is 0 Å². The summed E-state index contributed by atoms with van der Waals surface area (Å²) in [5.74, 6) is 0.159. The van der Waals surface area contributed by atoms with E-state index >= 15 is 0 Å². The van der Waals surface area contributed by atoms with E-state index in [2.05, 4.69) is 15.5 Å². The van der Waals surface area contributed by atoms with E-state index in [-0.39, 0.29) is 23.6 Å². The molecular formula is C17H23N3O4S. The molecule has 25 heavy (non-hydrogen) atoms. The highest BCUT2D eigenvalue weighted by Gasteiger charge is 2.26. The fourth-order valence-corrected chi connectivity index (χ4v) is 2.90. The second-order valence-electron chi connectivity index (χ2n) is 6.81. The average molecular weight is 365 g/mol. The summed E-state index contributed by atoms with van der Waals surface area (Å²) in [6, 6.07) is 3.33. The quantitative estimate of drug-likeness (QED) is 0.789. The number of amides is 1. The molecule has 2 atom stereocenters. The maximum atomic E-state index is 12.3. The van der Waals surface area contributed by atoms with E-state index in [1.807, 2.05) is 38.3 Å². The summed E-state index contributed by atoms with van der Waals surface area (Å²) >= 11 is 1.47. The summed E-state index contributed by atoms with van der Waals surface area (Å²) in [4.78, 5) is 28.8. The second kappa shape index (κ2) is 7.77. The van der Waals surface area contributed by atoms with Crippen molar-refractivity contribution in [1.29, 1.82) is 0 Å². The van der Waals surface area contributed by atoms with Gasteiger partial charge in [0.25, 0.3) is 5.89 Å². The summed E-state index contributed by atoms with van der Waals surface area (Å²) in [6.07, 6.45) is -0.623. The van der Waals surface area contributed by atoms with Crippen molar-refractivity contribution < 1.29 is 18.8 Å². The number of nitrogens with zero attached hydrogens (tertiary/aromatic N) is 2. The van der Waals surface area contributed by atoms with Gasteiger partial charge in [-0.2, -0.15) is 4.98 Å². The van der Waals surface area contributed by atoms with Gasteiger partial charge in [-0.25, -0.2) is 0 Å². The van der Waals surface area contributed by atoms with Crippen LogP contribution in [0.4, 0.5) is 0 Å². The largest absolute Gasteiger partial charge is 0.452 e. The van der Waals surface area contributed by atoms with Crippen LogP contribution in [-0.2, 0) is 19.7 Å². The predicted octanol–water partition coefficient (Wildman–Crippen LogP) is 3.30. The third kappa shape index (κ3) is 5.38. The molecule has 0 aliphatic heterocycles. The molecule has 2 unspecified atom stereocenters. The van der Waals surface area contributed by atoms with Gasteiger partial charge < -0.3 is 14.6 Å². The van der Waals surface area contributed by atoms with Crippen LogP contribution in [0.5, 0.6) is 0 Å². The maximum Gasteiger partial charge on any atom is 0.309 e. The molecule has 8 heteroatoms. The molecule has 0 bridgehead atoms. The first-order chi connectivity index (χ1) is 11.7. The Labute approximate surface area is 150 Å². The standard InChI is InChI=1S/C17H23N3O4S/c1-10(15-19-16(20-24-15)17(3,4)5)23-14(22)9-12(18-11(2)21)13-7-6-8-25-13/h6-8,10,12H,9H2,1-5H3,(H,18,21). The summed E-state index contributed by atoms with van der Waals surface area (Å²) in [7, 11) is 0. The van der Waals surface area contributed by atoms with Crippen LogP contribution in [0.3, 0.4) is 0 Å². The van der Waals surface area contributed by atoms with Crippen molar-refractivity contribution in [1.82, 2.24) is 15.5 Å². The molecular weight excluding hydrogens is 342 g/mol. The summed E-state index contributed by atoms with van der Waals surface area (Å²) < 4.78 is 10.6. The summed E-state index contributed by atoms with van der Waals surface area (Å²) in [6.45, 7) is 9.00. The Balaban J connectivity index is 2.00. The van der Waals surface area contributed by atoms with E-state index in [9.17, 15) is 9.59 Å². The lowest BCUT2D eigenvalue weighted by Crippen LogP contribution is -2.28. The van der Waals surface area contributed by atoms with Crippen molar-refractivity contribution >= 4 is 23.2 Å². The lowest BCUT2D eigenvalue weighted by Gasteiger charge is -2.17. The molecule has 0 radical (unpaired) electrons. The van der Waals surface area contributed by atoms with Gasteiger partial charge in [-0.3, -0.25) is 9.59 Å². The fraction of sp³-hybridized carbons (Fsp3) is 0.529. The molecule has 0 saturated heterocycles. The summed E-state index contributed by atoms with van der Waals surface area (Å²) in [5, 5.41) is 8.59. The Morgan fingerprint density at radius 3 is 2.64 bits per heavy atom. The first kappa shape index (κ1) is 19.1. The number of rotatable bonds is 6. The van der Waals surface area contributed by atoms with Crippen molar-refractivity contribution in [2.24, 2.45) is 0 Å². The molecule has 7 nitrogen and oxygen atoms in total. The number of ether oxygens (including phenoxy) is 1. The fourth-order valence-electron chi connectivity index (χ4n) is 2.12. The highest BCUT2D eigenvalue weighted by molar-refractivity contribution is 7.10. The zero-order chi connectivity index (χ0) is 18.6. The van der Waals surface area contributed by atoms with Crippen molar-refractivity contribution in [2.45, 2.75) is 58.6 Å². The van der Waals surface area contributed by atoms with Gasteiger partial charge in [0.05, 0.1) is 12.5 Å². The van der Waals surface area contributed by atoms with Gasteiger partial charge >= 0.3 is 5.97 Å². The Bertz CT molecular complexity index is 719. The van der Waals surface area contributed by atoms with E-state index in [4.69, 9.17) is 9.26 Å². The van der Waals surface area contributed by atoms with Gasteiger partial charge in [0.2, 0.25) is 5.91 Å². The van der Waals surface area contributed by atoms with Crippen LogP contribution in [-0.4, -0.2) is 22.0 Å². The smallest absolute Gasteiger partial charge is 0.309 e. The Morgan fingerprint density at radius 1 is 1.40 bits per heavy atom. The monoisotopic (exact) mass is 365 g/mol. The molecule has 136 valence electrons. The van der Waals surface area contributed by atoms with Gasteiger partial charge in [0, 0.05) is 17.2 Å². The van der Waals surface area contributed by atoms with Crippen LogP contribution >= 0.6 is 11.3 Å². The third-order valence-corrected chi connectivity index (χ3v) is 4.39. The van der Waals surface area contributed by atoms with Crippen molar-refractivity contribution in [3.05, 3.63) is 34.1 Å². The van der Waals surface area contributed by atoms with Gasteiger partial charge in [-0.1, -0.05) is 32.0 Å². The molecule has 0 aliphatic carbocycles. The number of aromatic nitrogens is 2. The van der Waals surface area contributed by atoms with Gasteiger partial charge in [0.1, 0.15) is 0 Å². The minimum atomic E-state index is -0.655. The topological polar surface area (TPSA) is 94.3 Å². The maximum absolute atomic E-state index is 12.3. The molecule has 1 N–H and O–H groups in total. The minimum Gasteiger partial charge on any atom is -0.452 e. The zero-order valence-corrected chi connectivity index (χ0v) is 15.8. The zero-order valence-electron chi connectivity index (χ0n) is 15.0. The molecule has 0 aliphatic rings. The van der Waals surface area contributed by atoms with Crippen LogP contribution in [0.2, 0.25) is 0 Å². The second-order valence-corrected chi connectivity index (χ2v) is 7.79. The lowest BCUT2D eigenvalue weighted by atomic mass is 9.96. The van der Waals surface area contributed by atoms with Crippen LogP contribution < -0.4 is 5.32 Å². The van der Waals surface area contributed by atoms with E-state index in [0.717, 1.165) is 4.88 Å². The van der Waals surface area contributed by atoms with Crippen molar-refractivity contribution in [2.75, 3.05) is 0 Å². The normalized spacial score (nSPS) is 14.0. The van der Waals surface area contributed by atoms with Crippen LogP contribution in [0, 0.1) is 0 Å². The molecule has 0 aromatic carbocycles. The van der Waals surface area contributed by atoms with E-state index in [0.29, 0.717) is 5.82 Å². The lowest BCUT2D eigenvalue weighted by molar-refractivity contribution is -0.150. The molecule has 2 aromatic heterocycles. The highest BCUT2D eigenvalue weighted by Crippen LogP contribution is 2.25.